The van der Waals surface area contributed by atoms with Crippen LogP contribution in [0.1, 0.15) is 17.0 Å². The molecule has 0 bridgehead atoms. The number of rotatable bonds is 5. The smallest absolute Gasteiger partial charge is 0.310 e. The molecule has 2 rings (SSSR count). The van der Waals surface area contributed by atoms with Gasteiger partial charge in [-0.15, -0.1) is 0 Å². The van der Waals surface area contributed by atoms with Gasteiger partial charge in [0.2, 0.25) is 5.91 Å². The van der Waals surface area contributed by atoms with Crippen LogP contribution in [-0.2, 0) is 9.59 Å². The molecule has 0 fully saturated rings. The van der Waals surface area contributed by atoms with E-state index in [1.165, 1.54) is 6.07 Å². The van der Waals surface area contributed by atoms with Crippen molar-refractivity contribution in [2.45, 2.75) is 12.5 Å². The largest absolute Gasteiger partial charge is 0.481 e. The highest BCUT2D eigenvalue weighted by Gasteiger charge is 2.25. The summed E-state index contributed by atoms with van der Waals surface area (Å²) in [4.78, 5) is 34.1. The Hall–Kier alpha value is -2.09. The topological polar surface area (TPSA) is 109 Å². The van der Waals surface area contributed by atoms with Gasteiger partial charge in [0, 0.05) is 6.04 Å². The van der Waals surface area contributed by atoms with Gasteiger partial charge in [-0.05, 0) is 34.5 Å². The zero-order chi connectivity index (χ0) is 15.4. The fourth-order valence-corrected chi connectivity index (χ4v) is 2.24. The molecule has 112 valence electrons. The highest BCUT2D eigenvalue weighted by atomic mass is 79.9. The molecule has 1 aliphatic rings. The van der Waals surface area contributed by atoms with Gasteiger partial charge in [-0.1, -0.05) is 12.2 Å². The minimum absolute atomic E-state index is 0.0985. The molecule has 7 nitrogen and oxygen atoms in total. The molecule has 2 atom stereocenters. The number of amides is 2. The van der Waals surface area contributed by atoms with E-state index in [2.05, 4.69) is 26.6 Å². The Morgan fingerprint density at radius 1 is 1.33 bits per heavy atom. The molecule has 0 spiro atoms. The van der Waals surface area contributed by atoms with Crippen molar-refractivity contribution in [2.24, 2.45) is 5.92 Å². The number of furan rings is 1. The lowest BCUT2D eigenvalue weighted by Gasteiger charge is -2.12. The van der Waals surface area contributed by atoms with Gasteiger partial charge in [-0.25, -0.2) is 0 Å². The minimum Gasteiger partial charge on any atom is -0.481 e. The fourth-order valence-electron chi connectivity index (χ4n) is 1.93. The molecular weight excluding hydrogens is 344 g/mol. The van der Waals surface area contributed by atoms with E-state index in [-0.39, 0.29) is 18.3 Å². The summed E-state index contributed by atoms with van der Waals surface area (Å²) >= 11 is 3.07. The molecule has 21 heavy (non-hydrogen) atoms. The average molecular weight is 357 g/mol. The first-order valence-corrected chi connectivity index (χ1v) is 6.99. The molecule has 3 N–H and O–H groups in total. The highest BCUT2D eigenvalue weighted by Crippen LogP contribution is 2.17. The second-order valence-electron chi connectivity index (χ2n) is 4.53. The summed E-state index contributed by atoms with van der Waals surface area (Å²) in [6, 6.07) is 2.73. The predicted molar refractivity (Wildman–Crippen MR) is 75.6 cm³/mol. The Morgan fingerprint density at radius 2 is 2.10 bits per heavy atom. The molecule has 0 saturated heterocycles. The number of carboxylic acid groups (broad SMARTS) is 1. The van der Waals surface area contributed by atoms with Gasteiger partial charge in [-0.2, -0.15) is 0 Å². The Balaban J connectivity index is 1.74. The molecular formula is C13H13BrN2O5. The van der Waals surface area contributed by atoms with Gasteiger partial charge in [0.1, 0.15) is 0 Å². The number of carbonyl (C=O) groups excluding carboxylic acids is 2. The first-order chi connectivity index (χ1) is 9.95. The monoisotopic (exact) mass is 356 g/mol. The van der Waals surface area contributed by atoms with Crippen molar-refractivity contribution in [2.75, 3.05) is 6.54 Å². The fraction of sp³-hybridized carbons (Fsp3) is 0.308. The average Bonchev–Trinajstić information content (AvgIpc) is 3.05. The van der Waals surface area contributed by atoms with Crippen molar-refractivity contribution >= 4 is 33.7 Å². The number of carboxylic acids is 1. The lowest BCUT2D eigenvalue weighted by molar-refractivity contribution is -0.140. The number of halogens is 1. The van der Waals surface area contributed by atoms with E-state index < -0.39 is 23.7 Å². The summed E-state index contributed by atoms with van der Waals surface area (Å²) in [5.41, 5.74) is 0. The normalized spacial score (nSPS) is 20.2. The number of nitrogens with one attached hydrogen (secondary N) is 2. The van der Waals surface area contributed by atoms with Crippen molar-refractivity contribution in [3.8, 4) is 0 Å². The standard InChI is InChI=1S/C13H13BrN2O5/c14-10-4-3-9(21-10)12(18)15-6-11(17)16-8-2-1-7(5-8)13(19)20/h1-4,7-8H,5-6H2,(H,15,18)(H,16,17)(H,19,20). The number of hydrogen-bond donors (Lipinski definition) is 3. The van der Waals surface area contributed by atoms with Crippen LogP contribution in [0.4, 0.5) is 0 Å². The highest BCUT2D eigenvalue weighted by molar-refractivity contribution is 9.10. The van der Waals surface area contributed by atoms with Crippen molar-refractivity contribution in [1.29, 1.82) is 0 Å². The van der Waals surface area contributed by atoms with Crippen molar-refractivity contribution in [3.63, 3.8) is 0 Å². The minimum atomic E-state index is -0.917. The quantitative estimate of drug-likeness (QED) is 0.679. The lowest BCUT2D eigenvalue weighted by atomic mass is 10.1. The van der Waals surface area contributed by atoms with Gasteiger partial charge in [-0.3, -0.25) is 14.4 Å². The predicted octanol–water partition coefficient (Wildman–Crippen LogP) is 0.917. The molecule has 0 radical (unpaired) electrons. The van der Waals surface area contributed by atoms with Crippen LogP contribution >= 0.6 is 15.9 Å². The zero-order valence-corrected chi connectivity index (χ0v) is 12.4. The maximum atomic E-state index is 11.7. The van der Waals surface area contributed by atoms with Crippen LogP contribution in [0.5, 0.6) is 0 Å². The number of carbonyl (C=O) groups is 3. The maximum absolute atomic E-state index is 11.7. The Bertz CT molecular complexity index is 595. The van der Waals surface area contributed by atoms with E-state index in [9.17, 15) is 14.4 Å². The third-order valence-corrected chi connectivity index (χ3v) is 3.38. The maximum Gasteiger partial charge on any atom is 0.310 e. The third kappa shape index (κ3) is 4.19. The van der Waals surface area contributed by atoms with Gasteiger partial charge in [0.25, 0.3) is 5.91 Å². The van der Waals surface area contributed by atoms with E-state index in [4.69, 9.17) is 9.52 Å². The number of hydrogen-bond acceptors (Lipinski definition) is 4. The SMILES string of the molecule is O=C(CNC(=O)c1ccc(Br)o1)NC1C=CC(C(=O)O)C1. The summed E-state index contributed by atoms with van der Waals surface area (Å²) in [6.45, 7) is -0.209. The molecule has 2 unspecified atom stereocenters. The third-order valence-electron chi connectivity index (χ3n) is 2.95. The molecule has 1 heterocycles. The Labute approximate surface area is 128 Å². The van der Waals surface area contributed by atoms with Crippen LogP contribution < -0.4 is 10.6 Å². The second-order valence-corrected chi connectivity index (χ2v) is 5.31. The van der Waals surface area contributed by atoms with Gasteiger partial charge >= 0.3 is 5.97 Å². The Morgan fingerprint density at radius 3 is 2.67 bits per heavy atom. The Kier molecular flexibility index (Phi) is 4.79. The van der Waals surface area contributed by atoms with E-state index in [1.54, 1.807) is 18.2 Å². The molecule has 1 aromatic rings. The zero-order valence-electron chi connectivity index (χ0n) is 10.8. The summed E-state index contributed by atoms with van der Waals surface area (Å²) in [7, 11) is 0. The van der Waals surface area contributed by atoms with Gasteiger partial charge < -0.3 is 20.2 Å². The molecule has 0 aliphatic heterocycles. The molecule has 1 aromatic heterocycles. The lowest BCUT2D eigenvalue weighted by Crippen LogP contribution is -2.41. The van der Waals surface area contributed by atoms with Gasteiger partial charge in [0.05, 0.1) is 12.5 Å². The summed E-state index contributed by atoms with van der Waals surface area (Å²) in [5, 5.41) is 13.9. The molecule has 2 amide bonds. The van der Waals surface area contributed by atoms with E-state index in [1.807, 2.05) is 0 Å². The van der Waals surface area contributed by atoms with Crippen LogP contribution in [-0.4, -0.2) is 35.5 Å². The van der Waals surface area contributed by atoms with E-state index >= 15 is 0 Å². The van der Waals surface area contributed by atoms with Crippen molar-refractivity contribution in [3.05, 3.63) is 34.7 Å². The van der Waals surface area contributed by atoms with Crippen LogP contribution in [0, 0.1) is 5.92 Å². The van der Waals surface area contributed by atoms with Gasteiger partial charge in [0.15, 0.2) is 10.4 Å². The number of aliphatic carboxylic acids is 1. The molecule has 1 aliphatic carbocycles. The van der Waals surface area contributed by atoms with Crippen molar-refractivity contribution in [1.82, 2.24) is 10.6 Å². The van der Waals surface area contributed by atoms with E-state index in [0.717, 1.165) is 0 Å². The first-order valence-electron chi connectivity index (χ1n) is 6.19. The molecule has 0 saturated carbocycles. The van der Waals surface area contributed by atoms with Crippen LogP contribution in [0.15, 0.2) is 33.4 Å². The van der Waals surface area contributed by atoms with E-state index in [0.29, 0.717) is 11.1 Å². The van der Waals surface area contributed by atoms with Crippen LogP contribution in [0.25, 0.3) is 0 Å². The first kappa shape index (κ1) is 15.3. The molecule has 0 aromatic carbocycles. The summed E-state index contributed by atoms with van der Waals surface area (Å²) in [5.74, 6) is -2.29. The van der Waals surface area contributed by atoms with Crippen LogP contribution in [0.2, 0.25) is 0 Å². The molecule has 8 heteroatoms. The second kappa shape index (κ2) is 6.57. The van der Waals surface area contributed by atoms with Crippen LogP contribution in [0.3, 0.4) is 0 Å². The summed E-state index contributed by atoms with van der Waals surface area (Å²) in [6.07, 6.45) is 3.51. The van der Waals surface area contributed by atoms with Crippen molar-refractivity contribution < 1.29 is 23.9 Å². The summed E-state index contributed by atoms with van der Waals surface area (Å²) < 4.78 is 5.47.